The minimum Gasteiger partial charge on any atom is -0.378 e. The maximum absolute atomic E-state index is 6.05. The Hall–Kier alpha value is -0.120. The van der Waals surface area contributed by atoms with Crippen LogP contribution in [-0.4, -0.2) is 32.2 Å². The molecule has 2 aliphatic rings. The zero-order chi connectivity index (χ0) is 13.7. The molecule has 0 spiro atoms. The van der Waals surface area contributed by atoms with Gasteiger partial charge in [0, 0.05) is 6.42 Å². The van der Waals surface area contributed by atoms with E-state index in [4.69, 9.17) is 14.2 Å². The third-order valence-electron chi connectivity index (χ3n) is 4.45. The molecule has 19 heavy (non-hydrogen) atoms. The van der Waals surface area contributed by atoms with Crippen molar-refractivity contribution in [3.8, 4) is 0 Å². The van der Waals surface area contributed by atoms with E-state index in [2.05, 4.69) is 20.8 Å². The van der Waals surface area contributed by atoms with E-state index < -0.39 is 0 Å². The summed E-state index contributed by atoms with van der Waals surface area (Å²) in [4.78, 5) is 0. The van der Waals surface area contributed by atoms with Gasteiger partial charge in [-0.25, -0.2) is 0 Å². The topological polar surface area (TPSA) is 27.7 Å². The van der Waals surface area contributed by atoms with Crippen LogP contribution in [0.4, 0.5) is 0 Å². The summed E-state index contributed by atoms with van der Waals surface area (Å²) in [6.45, 7) is 9.49. The van der Waals surface area contributed by atoms with Gasteiger partial charge in [-0.3, -0.25) is 0 Å². The Bertz CT molecular complexity index is 253. The molecule has 0 amide bonds. The van der Waals surface area contributed by atoms with Crippen LogP contribution in [0.1, 0.15) is 59.3 Å². The van der Waals surface area contributed by atoms with E-state index in [-0.39, 0.29) is 6.29 Å². The lowest BCUT2D eigenvalue weighted by atomic mass is 9.71. The number of hydrogen-bond acceptors (Lipinski definition) is 3. The van der Waals surface area contributed by atoms with Crippen molar-refractivity contribution in [1.29, 1.82) is 0 Å². The lowest BCUT2D eigenvalue weighted by Gasteiger charge is -2.37. The molecule has 3 nitrogen and oxygen atoms in total. The average molecular weight is 270 g/mol. The molecule has 1 aliphatic carbocycles. The second-order valence-electron chi connectivity index (χ2n) is 7.04. The first-order valence-electron chi connectivity index (χ1n) is 7.90. The van der Waals surface area contributed by atoms with Crippen LogP contribution in [0.15, 0.2) is 0 Å². The Morgan fingerprint density at radius 3 is 2.47 bits per heavy atom. The first-order chi connectivity index (χ1) is 9.05. The number of rotatable bonds is 4. The van der Waals surface area contributed by atoms with Crippen molar-refractivity contribution in [3.05, 3.63) is 0 Å². The Morgan fingerprint density at radius 1 is 1.05 bits per heavy atom. The zero-order valence-electron chi connectivity index (χ0n) is 12.8. The minimum atomic E-state index is -0.0317. The fourth-order valence-electron chi connectivity index (χ4n) is 3.12. The molecule has 1 aliphatic heterocycles. The number of ether oxygens (including phenoxy) is 3. The summed E-state index contributed by atoms with van der Waals surface area (Å²) < 4.78 is 17.1. The van der Waals surface area contributed by atoms with Gasteiger partial charge in [-0.05, 0) is 37.0 Å². The SMILES string of the molecule is CC(C)(C)C1CCCC(OCCC2OCCCO2)C1. The van der Waals surface area contributed by atoms with Crippen LogP contribution < -0.4 is 0 Å². The lowest BCUT2D eigenvalue weighted by Crippen LogP contribution is -2.32. The van der Waals surface area contributed by atoms with E-state index in [1.807, 2.05) is 0 Å². The highest BCUT2D eigenvalue weighted by atomic mass is 16.7. The molecule has 2 atom stereocenters. The molecular formula is C16H30O3. The average Bonchev–Trinajstić information content (AvgIpc) is 2.39. The third kappa shape index (κ3) is 5.05. The highest BCUT2D eigenvalue weighted by Crippen LogP contribution is 2.38. The molecule has 0 radical (unpaired) electrons. The summed E-state index contributed by atoms with van der Waals surface area (Å²) in [6.07, 6.45) is 7.41. The normalized spacial score (nSPS) is 30.5. The van der Waals surface area contributed by atoms with Crippen molar-refractivity contribution in [3.63, 3.8) is 0 Å². The van der Waals surface area contributed by atoms with E-state index in [9.17, 15) is 0 Å². The standard InChI is InChI=1S/C16H30O3/c1-16(2,3)13-6-4-7-14(12-13)17-11-8-15-18-9-5-10-19-15/h13-15H,4-12H2,1-3H3. The van der Waals surface area contributed by atoms with Crippen LogP contribution in [0, 0.1) is 11.3 Å². The van der Waals surface area contributed by atoms with Crippen molar-refractivity contribution in [2.75, 3.05) is 19.8 Å². The maximum Gasteiger partial charge on any atom is 0.159 e. The molecule has 3 heteroatoms. The lowest BCUT2D eigenvalue weighted by molar-refractivity contribution is -0.188. The van der Waals surface area contributed by atoms with E-state index in [0.717, 1.165) is 38.6 Å². The second-order valence-corrected chi connectivity index (χ2v) is 7.04. The first kappa shape index (κ1) is 15.3. The fourth-order valence-corrected chi connectivity index (χ4v) is 3.12. The van der Waals surface area contributed by atoms with E-state index in [1.54, 1.807) is 0 Å². The van der Waals surface area contributed by atoms with Crippen molar-refractivity contribution in [2.45, 2.75) is 71.7 Å². The van der Waals surface area contributed by atoms with Gasteiger partial charge < -0.3 is 14.2 Å². The van der Waals surface area contributed by atoms with Crippen molar-refractivity contribution < 1.29 is 14.2 Å². The molecule has 0 aromatic rings. The van der Waals surface area contributed by atoms with Gasteiger partial charge in [0.2, 0.25) is 0 Å². The van der Waals surface area contributed by atoms with Crippen molar-refractivity contribution >= 4 is 0 Å². The molecule has 1 heterocycles. The van der Waals surface area contributed by atoms with E-state index >= 15 is 0 Å². The molecule has 0 N–H and O–H groups in total. The summed E-state index contributed by atoms with van der Waals surface area (Å²) in [7, 11) is 0. The smallest absolute Gasteiger partial charge is 0.159 e. The van der Waals surface area contributed by atoms with Crippen molar-refractivity contribution in [2.24, 2.45) is 11.3 Å². The maximum atomic E-state index is 6.05. The van der Waals surface area contributed by atoms with Crippen LogP contribution in [0.25, 0.3) is 0 Å². The minimum absolute atomic E-state index is 0.0317. The summed E-state index contributed by atoms with van der Waals surface area (Å²) in [5.41, 5.74) is 0.414. The summed E-state index contributed by atoms with van der Waals surface area (Å²) in [5, 5.41) is 0. The molecule has 0 aromatic carbocycles. The molecule has 112 valence electrons. The monoisotopic (exact) mass is 270 g/mol. The molecule has 0 bridgehead atoms. The largest absolute Gasteiger partial charge is 0.378 e. The van der Waals surface area contributed by atoms with Gasteiger partial charge in [0.25, 0.3) is 0 Å². The Kier molecular flexibility index (Phi) is 5.67. The highest BCUT2D eigenvalue weighted by molar-refractivity contribution is 4.81. The van der Waals surface area contributed by atoms with Crippen LogP contribution in [0.5, 0.6) is 0 Å². The second kappa shape index (κ2) is 7.05. The van der Waals surface area contributed by atoms with Gasteiger partial charge in [0.1, 0.15) is 0 Å². The van der Waals surface area contributed by atoms with Gasteiger partial charge >= 0.3 is 0 Å². The molecule has 2 rings (SSSR count). The third-order valence-corrected chi connectivity index (χ3v) is 4.45. The number of hydrogen-bond donors (Lipinski definition) is 0. The predicted molar refractivity (Wildman–Crippen MR) is 76.1 cm³/mol. The molecule has 1 saturated heterocycles. The highest BCUT2D eigenvalue weighted by Gasteiger charge is 2.31. The summed E-state index contributed by atoms with van der Waals surface area (Å²) in [6, 6.07) is 0. The fraction of sp³-hybridized carbons (Fsp3) is 1.00. The van der Waals surface area contributed by atoms with E-state index in [0.29, 0.717) is 11.5 Å². The van der Waals surface area contributed by atoms with Crippen LogP contribution in [-0.2, 0) is 14.2 Å². The molecular weight excluding hydrogens is 240 g/mol. The van der Waals surface area contributed by atoms with Crippen LogP contribution in [0.3, 0.4) is 0 Å². The first-order valence-corrected chi connectivity index (χ1v) is 7.90. The van der Waals surface area contributed by atoms with Gasteiger partial charge in [-0.1, -0.05) is 27.2 Å². The summed E-state index contributed by atoms with van der Waals surface area (Å²) in [5.74, 6) is 0.799. The molecule has 2 fully saturated rings. The van der Waals surface area contributed by atoms with Gasteiger partial charge in [0.15, 0.2) is 6.29 Å². The predicted octanol–water partition coefficient (Wildman–Crippen LogP) is 3.76. The Balaban J connectivity index is 1.65. The Morgan fingerprint density at radius 2 is 1.79 bits per heavy atom. The summed E-state index contributed by atoms with van der Waals surface area (Å²) >= 11 is 0. The van der Waals surface area contributed by atoms with Crippen molar-refractivity contribution in [1.82, 2.24) is 0 Å². The zero-order valence-corrected chi connectivity index (χ0v) is 12.8. The molecule has 0 aromatic heterocycles. The van der Waals surface area contributed by atoms with E-state index in [1.165, 1.54) is 25.7 Å². The molecule has 2 unspecified atom stereocenters. The van der Waals surface area contributed by atoms with Crippen LogP contribution in [0.2, 0.25) is 0 Å². The van der Waals surface area contributed by atoms with Gasteiger partial charge in [-0.2, -0.15) is 0 Å². The van der Waals surface area contributed by atoms with Crippen LogP contribution >= 0.6 is 0 Å². The van der Waals surface area contributed by atoms with Gasteiger partial charge in [-0.15, -0.1) is 0 Å². The Labute approximate surface area is 118 Å². The quantitative estimate of drug-likeness (QED) is 0.778. The molecule has 1 saturated carbocycles. The van der Waals surface area contributed by atoms with Gasteiger partial charge in [0.05, 0.1) is 25.9 Å².